The van der Waals surface area contributed by atoms with Crippen LogP contribution in [0.1, 0.15) is 5.69 Å². The van der Waals surface area contributed by atoms with Gasteiger partial charge in [-0.1, -0.05) is 39.9 Å². The van der Waals surface area contributed by atoms with Crippen LogP contribution in [-0.4, -0.2) is 84.5 Å². The van der Waals surface area contributed by atoms with Gasteiger partial charge in [0.15, 0.2) is 10.8 Å². The van der Waals surface area contributed by atoms with Gasteiger partial charge in [0, 0.05) is 38.6 Å². The largest absolute Gasteiger partial charge is 0.477 e. The molecule has 2 aromatic heterocycles. The molecule has 2 atom stereocenters. The van der Waals surface area contributed by atoms with Crippen molar-refractivity contribution in [3.05, 3.63) is 39.1 Å². The molecule has 4 heterocycles. The Morgan fingerprint density at radius 2 is 2.18 bits per heavy atom. The second-order valence-electron chi connectivity index (χ2n) is 7.39. The van der Waals surface area contributed by atoms with Gasteiger partial charge in [-0.05, 0) is 6.07 Å². The highest BCUT2D eigenvalue weighted by Crippen LogP contribution is 2.46. The number of aromatic nitrogens is 2. The van der Waals surface area contributed by atoms with Crippen molar-refractivity contribution in [1.29, 1.82) is 0 Å². The number of anilines is 1. The second-order valence-corrected chi connectivity index (χ2v) is 12.4. The Morgan fingerprint density at radius 3 is 2.84 bits per heavy atom. The molecule has 1 fully saturated rings. The number of nitrogen functional groups attached to an aromatic ring is 1. The first-order valence-corrected chi connectivity index (χ1v) is 14.6. The lowest BCUT2D eigenvalue weighted by Crippen LogP contribution is -2.71. The summed E-state index contributed by atoms with van der Waals surface area (Å²) >= 11 is 10.9. The van der Waals surface area contributed by atoms with E-state index in [0.29, 0.717) is 17.2 Å². The number of thiazole rings is 1. The highest BCUT2D eigenvalue weighted by molar-refractivity contribution is 8.07. The van der Waals surface area contributed by atoms with E-state index in [0.717, 1.165) is 26.0 Å². The van der Waals surface area contributed by atoms with Gasteiger partial charge in [0.2, 0.25) is 0 Å². The van der Waals surface area contributed by atoms with Crippen molar-refractivity contribution in [2.45, 2.75) is 21.2 Å². The Labute approximate surface area is 237 Å². The number of nitrogens with two attached hydrogens (primary N) is 2. The number of aliphatic carboxylic acids is 1. The molecule has 18 heteroatoms. The molecule has 7 N–H and O–H groups in total. The third-order valence-electron chi connectivity index (χ3n) is 5.13. The average Bonchev–Trinajstić information content (AvgIpc) is 3.23. The van der Waals surface area contributed by atoms with Crippen LogP contribution >= 0.6 is 58.2 Å². The zero-order valence-electron chi connectivity index (χ0n) is 19.1. The maximum absolute atomic E-state index is 13.0. The first kappa shape index (κ1) is 28.0. The topological polar surface area (TPSA) is 209 Å². The van der Waals surface area contributed by atoms with E-state index in [-0.39, 0.29) is 26.6 Å². The molecule has 1 saturated heterocycles. The molecule has 2 amide bonds. The fourth-order valence-electron chi connectivity index (χ4n) is 3.52. The number of nitrogens with zero attached hydrogens (tertiary/aromatic N) is 5. The number of carbonyl (C=O) groups excluding carboxylic acids is 2. The van der Waals surface area contributed by atoms with Crippen LogP contribution in [0.5, 0.6) is 0 Å². The molecule has 0 aromatic carbocycles. The van der Waals surface area contributed by atoms with Crippen molar-refractivity contribution in [1.82, 2.24) is 20.2 Å². The predicted octanol–water partition coefficient (Wildman–Crippen LogP) is 1.52. The van der Waals surface area contributed by atoms with E-state index in [9.17, 15) is 24.7 Å². The Morgan fingerprint density at radius 1 is 1.39 bits per heavy atom. The van der Waals surface area contributed by atoms with Crippen LogP contribution in [0.3, 0.4) is 0 Å². The average molecular weight is 615 g/mol. The minimum atomic E-state index is -1.26. The summed E-state index contributed by atoms with van der Waals surface area (Å²) < 4.78 is 0.0394. The SMILES string of the molecule is NC=NCCSc1cnccc1SC1=C(C(=O)O)N2C(=O)[C@@H](NC(=O)/C(=N\O)c3nc(N)sc3Cl)[C@@H]2SC1. The molecule has 2 aromatic rings. The maximum atomic E-state index is 13.0. The van der Waals surface area contributed by atoms with Crippen molar-refractivity contribution >= 4 is 93.2 Å². The number of hydrogen-bond donors (Lipinski definition) is 5. The number of thioether (sulfide) groups is 3. The van der Waals surface area contributed by atoms with E-state index < -0.39 is 34.9 Å². The zero-order valence-corrected chi connectivity index (χ0v) is 23.1. The molecule has 0 spiro atoms. The molecule has 13 nitrogen and oxygen atoms in total. The molecule has 2 aliphatic rings. The van der Waals surface area contributed by atoms with Crippen LogP contribution < -0.4 is 16.8 Å². The zero-order chi connectivity index (χ0) is 27.4. The number of nitrogens with one attached hydrogen (secondary N) is 1. The van der Waals surface area contributed by atoms with E-state index in [1.807, 2.05) is 0 Å². The van der Waals surface area contributed by atoms with Crippen LogP contribution in [0.25, 0.3) is 0 Å². The smallest absolute Gasteiger partial charge is 0.353 e. The van der Waals surface area contributed by atoms with Gasteiger partial charge in [-0.15, -0.1) is 23.5 Å². The normalized spacial score (nSPS) is 19.4. The second kappa shape index (κ2) is 12.2. The number of β-lactam (4-membered cyclic amide) rings is 1. The van der Waals surface area contributed by atoms with Crippen LogP contribution in [-0.2, 0) is 14.4 Å². The van der Waals surface area contributed by atoms with Crippen molar-refractivity contribution in [3.8, 4) is 0 Å². The van der Waals surface area contributed by atoms with Crippen LogP contribution in [0.2, 0.25) is 4.34 Å². The summed E-state index contributed by atoms with van der Waals surface area (Å²) in [6.07, 6.45) is 4.52. The molecule has 4 rings (SSSR count). The number of pyridine rings is 1. The minimum Gasteiger partial charge on any atom is -0.477 e. The first-order valence-electron chi connectivity index (χ1n) is 10.6. The lowest BCUT2D eigenvalue weighted by Gasteiger charge is -2.49. The van der Waals surface area contributed by atoms with Crippen molar-refractivity contribution in [3.63, 3.8) is 0 Å². The van der Waals surface area contributed by atoms with E-state index >= 15 is 0 Å². The molecule has 0 radical (unpaired) electrons. The van der Waals surface area contributed by atoms with Gasteiger partial charge in [0.1, 0.15) is 27.1 Å². The third kappa shape index (κ3) is 5.70. The van der Waals surface area contributed by atoms with Gasteiger partial charge in [0.25, 0.3) is 11.8 Å². The quantitative estimate of drug-likeness (QED) is 0.0490. The summed E-state index contributed by atoms with van der Waals surface area (Å²) in [5.74, 6) is -1.85. The monoisotopic (exact) mass is 614 g/mol. The molecule has 0 saturated carbocycles. The summed E-state index contributed by atoms with van der Waals surface area (Å²) in [6.45, 7) is 0.515. The van der Waals surface area contributed by atoms with Crippen molar-refractivity contribution in [2.24, 2.45) is 15.9 Å². The van der Waals surface area contributed by atoms with E-state index in [2.05, 4.69) is 25.4 Å². The summed E-state index contributed by atoms with van der Waals surface area (Å²) in [4.78, 5) is 53.3. The molecule has 2 aliphatic heterocycles. The van der Waals surface area contributed by atoms with Gasteiger partial charge in [-0.2, -0.15) is 0 Å². The van der Waals surface area contributed by atoms with E-state index in [4.69, 9.17) is 23.1 Å². The fraction of sp³-hybridized carbons (Fsp3) is 0.250. The minimum absolute atomic E-state index is 0.0394. The highest BCUT2D eigenvalue weighted by Gasteiger charge is 2.54. The molecule has 0 unspecified atom stereocenters. The van der Waals surface area contributed by atoms with Gasteiger partial charge in [-0.25, -0.2) is 9.78 Å². The predicted molar refractivity (Wildman–Crippen MR) is 148 cm³/mol. The molecule has 0 bridgehead atoms. The van der Waals surface area contributed by atoms with Gasteiger partial charge >= 0.3 is 5.97 Å². The number of carboxylic acid groups (broad SMARTS) is 1. The Balaban J connectivity index is 1.51. The van der Waals surface area contributed by atoms with E-state index in [1.54, 1.807) is 18.5 Å². The number of fused-ring (bicyclic) bond motifs is 1. The van der Waals surface area contributed by atoms with E-state index in [1.165, 1.54) is 41.6 Å². The first-order chi connectivity index (χ1) is 18.3. The molecule has 0 aliphatic carbocycles. The summed E-state index contributed by atoms with van der Waals surface area (Å²) in [7, 11) is 0. The van der Waals surface area contributed by atoms with Crippen LogP contribution in [0, 0.1) is 0 Å². The number of carboxylic acids is 1. The number of hydrogen-bond acceptors (Lipinski definition) is 13. The molecular formula is C20H19ClN8O5S4. The number of carbonyl (C=O) groups is 3. The number of halogens is 1. The summed E-state index contributed by atoms with van der Waals surface area (Å²) in [5, 5.41) is 24.2. The van der Waals surface area contributed by atoms with Crippen LogP contribution in [0.4, 0.5) is 5.13 Å². The highest BCUT2D eigenvalue weighted by atomic mass is 35.5. The fourth-order valence-corrected chi connectivity index (χ4v) is 7.97. The summed E-state index contributed by atoms with van der Waals surface area (Å²) in [6, 6.07) is 0.727. The van der Waals surface area contributed by atoms with Crippen molar-refractivity contribution < 1.29 is 24.7 Å². The Hall–Kier alpha value is -2.99. The summed E-state index contributed by atoms with van der Waals surface area (Å²) in [5.41, 5.74) is 10.1. The lowest BCUT2D eigenvalue weighted by molar-refractivity contribution is -0.150. The number of oxime groups is 1. The molecule has 38 heavy (non-hydrogen) atoms. The van der Waals surface area contributed by atoms with Gasteiger partial charge in [0.05, 0.1) is 12.9 Å². The number of amides is 2. The van der Waals surface area contributed by atoms with Crippen LogP contribution in [0.15, 0.2) is 49.0 Å². The Kier molecular flexibility index (Phi) is 9.03. The number of aliphatic imine (C=N–C) groups is 1. The third-order valence-corrected chi connectivity index (χ3v) is 9.99. The number of rotatable bonds is 10. The molecular weight excluding hydrogens is 596 g/mol. The lowest BCUT2D eigenvalue weighted by atomic mass is 10.0. The standard InChI is InChI=1S/C20H19ClN8O5S4/c21-15-11(27-20(23)38-15)12(28-34)16(30)26-13-17(31)29-14(19(32)33)10(6-36-18(13)29)37-8-1-2-24-5-9(8)35-4-3-25-7-22/h1-2,5,7,13,18,34H,3-4,6H2,(H2,22,25)(H2,23,27)(H,26,30)(H,32,33)/b28-12-/t13-,18+/m1/s1. The Bertz CT molecular complexity index is 1370. The van der Waals surface area contributed by atoms with Gasteiger partial charge < -0.3 is 27.1 Å². The van der Waals surface area contributed by atoms with Gasteiger partial charge in [-0.3, -0.25) is 24.5 Å². The molecule has 200 valence electrons. The maximum Gasteiger partial charge on any atom is 0.353 e. The van der Waals surface area contributed by atoms with Crippen molar-refractivity contribution in [2.75, 3.05) is 23.8 Å².